The quantitative estimate of drug-likeness (QED) is 0.606. The number of hydrogen-bond acceptors (Lipinski definition) is 7. The Hall–Kier alpha value is -3.82. The van der Waals surface area contributed by atoms with Gasteiger partial charge in [0.25, 0.3) is 11.6 Å². The molecule has 10 heteroatoms. The Kier molecular flexibility index (Phi) is 5.36. The third-order valence-corrected chi connectivity index (χ3v) is 3.47. The van der Waals surface area contributed by atoms with Crippen LogP contribution in [-0.2, 0) is 4.79 Å². The van der Waals surface area contributed by atoms with E-state index in [1.165, 1.54) is 24.3 Å². The van der Waals surface area contributed by atoms with E-state index in [0.717, 1.165) is 0 Å². The van der Waals surface area contributed by atoms with Crippen molar-refractivity contribution >= 4 is 23.3 Å². The fraction of sp³-hybridized carbons (Fsp3) is 0.176. The van der Waals surface area contributed by atoms with Crippen molar-refractivity contribution in [1.82, 2.24) is 5.32 Å². The van der Waals surface area contributed by atoms with Gasteiger partial charge >= 0.3 is 6.03 Å². The molecule has 1 aliphatic heterocycles. The Bertz CT molecular complexity index is 867. The highest BCUT2D eigenvalue weighted by Gasteiger charge is 2.14. The topological polar surface area (TPSA) is 129 Å². The van der Waals surface area contributed by atoms with E-state index in [1.807, 2.05) is 0 Å². The molecule has 0 aromatic heterocycles. The van der Waals surface area contributed by atoms with E-state index >= 15 is 0 Å². The largest absolute Gasteiger partial charge is 0.486 e. The van der Waals surface area contributed by atoms with E-state index in [1.54, 1.807) is 18.2 Å². The van der Waals surface area contributed by atoms with Gasteiger partial charge in [0.1, 0.15) is 19.0 Å². The van der Waals surface area contributed by atoms with Crippen LogP contribution in [0, 0.1) is 10.1 Å². The zero-order chi connectivity index (χ0) is 19.2. The van der Waals surface area contributed by atoms with E-state index in [-0.39, 0.29) is 11.4 Å². The van der Waals surface area contributed by atoms with Crippen molar-refractivity contribution in [2.45, 2.75) is 0 Å². The van der Waals surface area contributed by atoms with Crippen LogP contribution in [0.3, 0.4) is 0 Å². The molecule has 0 bridgehead atoms. The van der Waals surface area contributed by atoms with Crippen LogP contribution in [0.25, 0.3) is 0 Å². The summed E-state index contributed by atoms with van der Waals surface area (Å²) in [7, 11) is 0. The fourth-order valence-corrected chi connectivity index (χ4v) is 2.26. The minimum absolute atomic E-state index is 0.0920. The number of fused-ring (bicyclic) bond motifs is 1. The van der Waals surface area contributed by atoms with Crippen molar-refractivity contribution < 1.29 is 28.7 Å². The first-order valence-electron chi connectivity index (χ1n) is 7.89. The second-order valence-corrected chi connectivity index (χ2v) is 5.40. The van der Waals surface area contributed by atoms with Crippen LogP contribution < -0.4 is 24.8 Å². The van der Waals surface area contributed by atoms with Crippen molar-refractivity contribution in [3.63, 3.8) is 0 Å². The molecule has 0 saturated carbocycles. The van der Waals surface area contributed by atoms with Crippen molar-refractivity contribution in [1.29, 1.82) is 0 Å². The predicted octanol–water partition coefficient (Wildman–Crippen LogP) is 2.09. The standard InChI is InChI=1S/C17H15N3O7/c21-16(10-27-13-4-2-12(3-5-13)20(23)24)19-17(22)18-11-1-6-14-15(9-11)26-8-7-25-14/h1-6,9H,7-8,10H2,(H2,18,19,21,22). The zero-order valence-electron chi connectivity index (χ0n) is 14.0. The number of amides is 3. The van der Waals surface area contributed by atoms with Crippen LogP contribution in [0.4, 0.5) is 16.2 Å². The number of benzene rings is 2. The number of carbonyl (C=O) groups excluding carboxylic acids is 2. The molecule has 0 spiro atoms. The van der Waals surface area contributed by atoms with Crippen molar-refractivity contribution in [3.8, 4) is 17.2 Å². The van der Waals surface area contributed by atoms with Crippen molar-refractivity contribution in [2.24, 2.45) is 0 Å². The number of rotatable bonds is 5. The third kappa shape index (κ3) is 4.84. The molecule has 0 fully saturated rings. The number of nitro benzene ring substituents is 1. The van der Waals surface area contributed by atoms with Gasteiger partial charge in [-0.25, -0.2) is 4.79 Å². The van der Waals surface area contributed by atoms with E-state index in [2.05, 4.69) is 10.6 Å². The summed E-state index contributed by atoms with van der Waals surface area (Å²) in [6, 6.07) is 9.36. The summed E-state index contributed by atoms with van der Waals surface area (Å²) in [5.41, 5.74) is 0.339. The number of nitro groups is 1. The molecule has 0 atom stereocenters. The molecule has 0 radical (unpaired) electrons. The molecule has 0 aliphatic carbocycles. The first-order valence-corrected chi connectivity index (χ1v) is 7.89. The van der Waals surface area contributed by atoms with E-state index < -0.39 is 23.5 Å². The van der Waals surface area contributed by atoms with Gasteiger partial charge in [0.15, 0.2) is 18.1 Å². The molecule has 2 N–H and O–H groups in total. The molecule has 10 nitrogen and oxygen atoms in total. The van der Waals surface area contributed by atoms with Gasteiger partial charge < -0.3 is 19.5 Å². The SMILES string of the molecule is O=C(COc1ccc([N+](=O)[O-])cc1)NC(=O)Nc1ccc2c(c1)OCCO2. The summed E-state index contributed by atoms with van der Waals surface area (Å²) < 4.78 is 16.0. The first-order chi connectivity index (χ1) is 13.0. The molecule has 140 valence electrons. The van der Waals surface area contributed by atoms with Gasteiger partial charge in [0.05, 0.1) is 4.92 Å². The number of anilines is 1. The number of nitrogens with zero attached hydrogens (tertiary/aromatic N) is 1. The highest BCUT2D eigenvalue weighted by Crippen LogP contribution is 2.32. The second-order valence-electron chi connectivity index (χ2n) is 5.40. The lowest BCUT2D eigenvalue weighted by molar-refractivity contribution is -0.384. The zero-order valence-corrected chi connectivity index (χ0v) is 14.0. The predicted molar refractivity (Wildman–Crippen MR) is 93.2 cm³/mol. The monoisotopic (exact) mass is 373 g/mol. The maximum atomic E-state index is 11.9. The molecule has 1 aliphatic rings. The highest BCUT2D eigenvalue weighted by atomic mass is 16.6. The van der Waals surface area contributed by atoms with E-state index in [4.69, 9.17) is 14.2 Å². The lowest BCUT2D eigenvalue weighted by atomic mass is 10.2. The average molecular weight is 373 g/mol. The molecule has 2 aromatic carbocycles. The number of hydrogen-bond donors (Lipinski definition) is 2. The molecule has 27 heavy (non-hydrogen) atoms. The number of nitrogens with one attached hydrogen (secondary N) is 2. The molecule has 2 aromatic rings. The summed E-state index contributed by atoms with van der Waals surface area (Å²) >= 11 is 0. The molecule has 3 amide bonds. The minimum Gasteiger partial charge on any atom is -0.486 e. The van der Waals surface area contributed by atoms with Crippen LogP contribution in [0.5, 0.6) is 17.2 Å². The van der Waals surface area contributed by atoms with Gasteiger partial charge in [-0.15, -0.1) is 0 Å². The summed E-state index contributed by atoms with van der Waals surface area (Å²) in [6.45, 7) is 0.455. The van der Waals surface area contributed by atoms with Gasteiger partial charge in [-0.1, -0.05) is 0 Å². The lowest BCUT2D eigenvalue weighted by Crippen LogP contribution is -2.37. The third-order valence-electron chi connectivity index (χ3n) is 3.47. The van der Waals surface area contributed by atoms with Gasteiger partial charge in [0, 0.05) is 23.9 Å². The van der Waals surface area contributed by atoms with Crippen LogP contribution >= 0.6 is 0 Å². The normalized spacial score (nSPS) is 12.0. The maximum absolute atomic E-state index is 11.9. The van der Waals surface area contributed by atoms with Crippen LogP contribution in [0.1, 0.15) is 0 Å². The smallest absolute Gasteiger partial charge is 0.325 e. The summed E-state index contributed by atoms with van der Waals surface area (Å²) in [4.78, 5) is 33.7. The van der Waals surface area contributed by atoms with Crippen LogP contribution in [0.15, 0.2) is 42.5 Å². The first kappa shape index (κ1) is 18.0. The number of ether oxygens (including phenoxy) is 3. The summed E-state index contributed by atoms with van der Waals surface area (Å²) in [6.07, 6.45) is 0. The number of imide groups is 1. The van der Waals surface area contributed by atoms with Crippen LogP contribution in [-0.4, -0.2) is 36.7 Å². The summed E-state index contributed by atoms with van der Waals surface area (Å²) in [5.74, 6) is 0.679. The number of carbonyl (C=O) groups is 2. The van der Waals surface area contributed by atoms with Gasteiger partial charge in [-0.2, -0.15) is 0 Å². The molecular formula is C17H15N3O7. The number of urea groups is 1. The number of non-ortho nitro benzene ring substituents is 1. The van der Waals surface area contributed by atoms with Crippen molar-refractivity contribution in [2.75, 3.05) is 25.1 Å². The molecular weight excluding hydrogens is 358 g/mol. The van der Waals surface area contributed by atoms with Gasteiger partial charge in [0.2, 0.25) is 0 Å². The summed E-state index contributed by atoms with van der Waals surface area (Å²) in [5, 5.41) is 15.2. The van der Waals surface area contributed by atoms with E-state index in [9.17, 15) is 19.7 Å². The molecule has 0 unspecified atom stereocenters. The second kappa shape index (κ2) is 8.04. The fourth-order valence-electron chi connectivity index (χ4n) is 2.26. The van der Waals surface area contributed by atoms with Crippen molar-refractivity contribution in [3.05, 3.63) is 52.6 Å². The maximum Gasteiger partial charge on any atom is 0.325 e. The highest BCUT2D eigenvalue weighted by molar-refractivity contribution is 6.01. The molecule has 1 heterocycles. The van der Waals surface area contributed by atoms with E-state index in [0.29, 0.717) is 30.4 Å². The lowest BCUT2D eigenvalue weighted by Gasteiger charge is -2.19. The van der Waals surface area contributed by atoms with Crippen LogP contribution in [0.2, 0.25) is 0 Å². The van der Waals surface area contributed by atoms with Gasteiger partial charge in [-0.05, 0) is 24.3 Å². The average Bonchev–Trinajstić information content (AvgIpc) is 2.66. The van der Waals surface area contributed by atoms with Gasteiger partial charge in [-0.3, -0.25) is 20.2 Å². The Morgan fingerprint density at radius 2 is 1.78 bits per heavy atom. The Morgan fingerprint density at radius 1 is 1.07 bits per heavy atom. The Morgan fingerprint density at radius 3 is 2.48 bits per heavy atom. The minimum atomic E-state index is -0.732. The molecule has 3 rings (SSSR count). The Balaban J connectivity index is 1.47. The Labute approximate surface area is 153 Å². The molecule has 0 saturated heterocycles.